The molecule has 1 saturated carbocycles. The van der Waals surface area contributed by atoms with Crippen molar-refractivity contribution in [2.75, 3.05) is 0 Å². The Morgan fingerprint density at radius 3 is 2.27 bits per heavy atom. The lowest BCUT2D eigenvalue weighted by Gasteiger charge is -2.26. The molecule has 1 amide bonds. The van der Waals surface area contributed by atoms with Gasteiger partial charge in [-0.3, -0.25) is 4.79 Å². The van der Waals surface area contributed by atoms with Crippen LogP contribution in [0.25, 0.3) is 0 Å². The monoisotopic (exact) mass is 303 g/mol. The summed E-state index contributed by atoms with van der Waals surface area (Å²) in [6, 6.07) is 8.83. The average Bonchev–Trinajstić information content (AvgIpc) is 2.47. The predicted octanol–water partition coefficient (Wildman–Crippen LogP) is 3.34. The number of carbonyl (C=O) groups excluding carboxylic acids is 1. The van der Waals surface area contributed by atoms with Crippen molar-refractivity contribution in [1.82, 2.24) is 5.32 Å². The lowest BCUT2D eigenvalue weighted by Crippen LogP contribution is -2.38. The Hall–Kier alpha value is -1.35. The van der Waals surface area contributed by atoms with Gasteiger partial charge in [-0.25, -0.2) is 0 Å². The smallest absolute Gasteiger partial charge is 0.220 e. The molecule has 1 fully saturated rings. The molecule has 0 spiro atoms. The molecule has 22 heavy (non-hydrogen) atoms. The van der Waals surface area contributed by atoms with E-state index in [1.807, 2.05) is 0 Å². The zero-order chi connectivity index (χ0) is 16.2. The second-order valence-corrected chi connectivity index (χ2v) is 7.52. The van der Waals surface area contributed by atoms with Gasteiger partial charge in [-0.15, -0.1) is 0 Å². The minimum atomic E-state index is -0.172. The number of hydrogen-bond donors (Lipinski definition) is 2. The van der Waals surface area contributed by atoms with Gasteiger partial charge in [0, 0.05) is 12.5 Å². The second-order valence-electron chi connectivity index (χ2n) is 7.52. The maximum atomic E-state index is 12.0. The van der Waals surface area contributed by atoms with E-state index in [0.717, 1.165) is 32.1 Å². The normalized spacial score (nSPS) is 22.4. The van der Waals surface area contributed by atoms with Crippen LogP contribution in [0.4, 0.5) is 0 Å². The van der Waals surface area contributed by atoms with E-state index in [0.29, 0.717) is 6.42 Å². The number of aliphatic hydroxyl groups excluding tert-OH is 1. The minimum Gasteiger partial charge on any atom is -0.393 e. The molecule has 122 valence electrons. The highest BCUT2D eigenvalue weighted by atomic mass is 16.3. The minimum absolute atomic E-state index is 0.126. The van der Waals surface area contributed by atoms with Crippen LogP contribution >= 0.6 is 0 Å². The summed E-state index contributed by atoms with van der Waals surface area (Å²) in [5.74, 6) is 0.126. The zero-order valence-electron chi connectivity index (χ0n) is 14.1. The van der Waals surface area contributed by atoms with Crippen molar-refractivity contribution in [2.24, 2.45) is 0 Å². The Kier molecular flexibility index (Phi) is 5.63. The fraction of sp³-hybridized carbons (Fsp3) is 0.632. The van der Waals surface area contributed by atoms with Crippen molar-refractivity contribution < 1.29 is 9.90 Å². The van der Waals surface area contributed by atoms with E-state index in [9.17, 15) is 9.90 Å². The fourth-order valence-electron chi connectivity index (χ4n) is 2.95. The molecule has 0 aromatic heterocycles. The van der Waals surface area contributed by atoms with Crippen molar-refractivity contribution >= 4 is 5.91 Å². The molecule has 2 rings (SSSR count). The number of aliphatic hydroxyl groups is 1. The topological polar surface area (TPSA) is 49.3 Å². The Morgan fingerprint density at radius 1 is 1.14 bits per heavy atom. The van der Waals surface area contributed by atoms with E-state index in [-0.39, 0.29) is 23.5 Å². The highest BCUT2D eigenvalue weighted by molar-refractivity contribution is 5.76. The Labute approximate surface area is 134 Å². The molecule has 0 aliphatic heterocycles. The Bertz CT molecular complexity index is 479. The number of hydrogen-bond acceptors (Lipinski definition) is 2. The van der Waals surface area contributed by atoms with Gasteiger partial charge in [0.25, 0.3) is 0 Å². The van der Waals surface area contributed by atoms with E-state index in [4.69, 9.17) is 0 Å². The number of aryl methyl sites for hydroxylation is 1. The van der Waals surface area contributed by atoms with Gasteiger partial charge in [0.05, 0.1) is 6.10 Å². The van der Waals surface area contributed by atoms with Crippen molar-refractivity contribution in [1.29, 1.82) is 0 Å². The van der Waals surface area contributed by atoms with Gasteiger partial charge >= 0.3 is 0 Å². The van der Waals surface area contributed by atoms with Crippen LogP contribution in [0.3, 0.4) is 0 Å². The van der Waals surface area contributed by atoms with Crippen molar-refractivity contribution in [3.63, 3.8) is 0 Å². The van der Waals surface area contributed by atoms with Crippen LogP contribution < -0.4 is 5.32 Å². The van der Waals surface area contributed by atoms with Gasteiger partial charge in [0.1, 0.15) is 0 Å². The predicted molar refractivity (Wildman–Crippen MR) is 89.9 cm³/mol. The summed E-state index contributed by atoms with van der Waals surface area (Å²) >= 11 is 0. The lowest BCUT2D eigenvalue weighted by molar-refractivity contribution is -0.122. The third-order valence-electron chi connectivity index (χ3n) is 4.52. The molecular formula is C19H29NO2. The molecule has 0 saturated heterocycles. The quantitative estimate of drug-likeness (QED) is 0.896. The number of nitrogens with one attached hydrogen (secondary N) is 1. The molecule has 0 bridgehead atoms. The highest BCUT2D eigenvalue weighted by Crippen LogP contribution is 2.22. The largest absolute Gasteiger partial charge is 0.393 e. The van der Waals surface area contributed by atoms with Crippen molar-refractivity contribution in [3.05, 3.63) is 35.4 Å². The van der Waals surface area contributed by atoms with Crippen LogP contribution in [-0.2, 0) is 16.6 Å². The zero-order valence-corrected chi connectivity index (χ0v) is 14.1. The van der Waals surface area contributed by atoms with Gasteiger partial charge in [-0.2, -0.15) is 0 Å². The Morgan fingerprint density at radius 2 is 1.73 bits per heavy atom. The summed E-state index contributed by atoms with van der Waals surface area (Å²) in [5, 5.41) is 12.6. The number of benzene rings is 1. The van der Waals surface area contributed by atoms with Crippen LogP contribution in [0.5, 0.6) is 0 Å². The molecule has 0 heterocycles. The van der Waals surface area contributed by atoms with Crippen LogP contribution in [0.1, 0.15) is 64.0 Å². The van der Waals surface area contributed by atoms with Crippen molar-refractivity contribution in [3.8, 4) is 0 Å². The summed E-state index contributed by atoms with van der Waals surface area (Å²) in [7, 11) is 0. The fourth-order valence-corrected chi connectivity index (χ4v) is 2.95. The van der Waals surface area contributed by atoms with E-state index in [1.165, 1.54) is 11.1 Å². The van der Waals surface area contributed by atoms with Crippen LogP contribution in [0.2, 0.25) is 0 Å². The molecule has 1 aromatic carbocycles. The number of rotatable bonds is 4. The standard InChI is InChI=1S/C19H29NO2/c1-19(2,3)15-7-4-14(5-8-15)6-13-18(22)20-16-9-11-17(21)12-10-16/h4-5,7-8,16-17,21H,6,9-13H2,1-3H3,(H,20,22). The van der Waals surface area contributed by atoms with Crippen LogP contribution in [0, 0.1) is 0 Å². The summed E-state index contributed by atoms with van der Waals surface area (Å²) in [4.78, 5) is 12.0. The van der Waals surface area contributed by atoms with Gasteiger partial charge in [-0.1, -0.05) is 45.0 Å². The van der Waals surface area contributed by atoms with Crippen molar-refractivity contribution in [2.45, 2.75) is 76.9 Å². The molecule has 0 unspecified atom stereocenters. The van der Waals surface area contributed by atoms with E-state index >= 15 is 0 Å². The maximum absolute atomic E-state index is 12.0. The maximum Gasteiger partial charge on any atom is 0.220 e. The third kappa shape index (κ3) is 5.13. The molecule has 1 aliphatic carbocycles. The van der Waals surface area contributed by atoms with E-state index < -0.39 is 0 Å². The molecule has 1 aromatic rings. The van der Waals surface area contributed by atoms with E-state index in [2.05, 4.69) is 50.4 Å². The lowest BCUT2D eigenvalue weighted by atomic mass is 9.86. The summed E-state index contributed by atoms with van der Waals surface area (Å²) in [5.41, 5.74) is 2.70. The average molecular weight is 303 g/mol. The number of amides is 1. The first kappa shape index (κ1) is 17.0. The molecule has 3 heteroatoms. The summed E-state index contributed by atoms with van der Waals surface area (Å²) in [6.07, 6.45) is 4.55. The van der Waals surface area contributed by atoms with Gasteiger partial charge in [0.15, 0.2) is 0 Å². The van der Waals surface area contributed by atoms with Gasteiger partial charge in [-0.05, 0) is 48.6 Å². The second kappa shape index (κ2) is 7.28. The first-order valence-electron chi connectivity index (χ1n) is 8.41. The third-order valence-corrected chi connectivity index (χ3v) is 4.52. The molecule has 1 aliphatic rings. The Balaban J connectivity index is 1.76. The highest BCUT2D eigenvalue weighted by Gasteiger charge is 2.20. The molecule has 2 N–H and O–H groups in total. The van der Waals surface area contributed by atoms with E-state index in [1.54, 1.807) is 0 Å². The number of carbonyl (C=O) groups is 1. The molecule has 3 nitrogen and oxygen atoms in total. The summed E-state index contributed by atoms with van der Waals surface area (Å²) in [6.45, 7) is 6.61. The first-order chi connectivity index (χ1) is 10.3. The molecule has 0 radical (unpaired) electrons. The SMILES string of the molecule is CC(C)(C)c1ccc(CCC(=O)NC2CCC(O)CC2)cc1. The molecule has 0 atom stereocenters. The van der Waals surface area contributed by atoms with Gasteiger partial charge < -0.3 is 10.4 Å². The van der Waals surface area contributed by atoms with Gasteiger partial charge in [0.2, 0.25) is 5.91 Å². The first-order valence-corrected chi connectivity index (χ1v) is 8.41. The van der Waals surface area contributed by atoms with Crippen LogP contribution in [0.15, 0.2) is 24.3 Å². The molecular weight excluding hydrogens is 274 g/mol. The summed E-state index contributed by atoms with van der Waals surface area (Å²) < 4.78 is 0. The van der Waals surface area contributed by atoms with Crippen LogP contribution in [-0.4, -0.2) is 23.2 Å².